The number of fused-ring (bicyclic) bond motifs is 1. The number of rotatable bonds is 8. The Morgan fingerprint density at radius 2 is 1.49 bits per heavy atom. The van der Waals surface area contributed by atoms with Crippen LogP contribution in [0.3, 0.4) is 0 Å². The first-order valence-corrected chi connectivity index (χ1v) is 12.0. The fourth-order valence-corrected chi connectivity index (χ4v) is 4.55. The van der Waals surface area contributed by atoms with Crippen molar-refractivity contribution in [1.82, 2.24) is 15.3 Å². The zero-order chi connectivity index (χ0) is 23.9. The first kappa shape index (κ1) is 22.6. The van der Waals surface area contributed by atoms with Gasteiger partial charge in [0.15, 0.2) is 0 Å². The Morgan fingerprint density at radius 1 is 0.829 bits per heavy atom. The van der Waals surface area contributed by atoms with Gasteiger partial charge < -0.3 is 15.5 Å². The van der Waals surface area contributed by atoms with Gasteiger partial charge in [-0.05, 0) is 34.7 Å². The van der Waals surface area contributed by atoms with E-state index in [-0.39, 0.29) is 11.8 Å². The average molecular weight is 464 g/mol. The molecule has 0 spiro atoms. The second kappa shape index (κ2) is 10.8. The molecule has 5 rings (SSSR count). The fourth-order valence-electron chi connectivity index (χ4n) is 4.55. The molecule has 6 nitrogen and oxygen atoms in total. The number of benzene rings is 3. The van der Waals surface area contributed by atoms with Crippen LogP contribution in [0.2, 0.25) is 0 Å². The smallest absolute Gasteiger partial charge is 0.232 e. The van der Waals surface area contributed by atoms with Crippen LogP contribution in [-0.4, -0.2) is 35.5 Å². The molecule has 0 saturated carbocycles. The van der Waals surface area contributed by atoms with E-state index in [1.807, 2.05) is 66.7 Å². The molecule has 0 saturated heterocycles. The van der Waals surface area contributed by atoms with Crippen molar-refractivity contribution in [3.05, 3.63) is 119 Å². The zero-order valence-electron chi connectivity index (χ0n) is 19.6. The molecule has 0 aliphatic carbocycles. The van der Waals surface area contributed by atoms with Gasteiger partial charge in [0, 0.05) is 32.4 Å². The molecule has 6 heteroatoms. The summed E-state index contributed by atoms with van der Waals surface area (Å²) in [7, 11) is 0. The molecule has 2 heterocycles. The lowest BCUT2D eigenvalue weighted by atomic mass is 9.90. The molecule has 1 aromatic heterocycles. The Balaban J connectivity index is 1.18. The van der Waals surface area contributed by atoms with Gasteiger partial charge in [-0.15, -0.1) is 0 Å². The Kier molecular flexibility index (Phi) is 6.99. The van der Waals surface area contributed by atoms with Crippen LogP contribution in [-0.2, 0) is 17.8 Å². The maximum atomic E-state index is 13.1. The van der Waals surface area contributed by atoms with E-state index in [0.717, 1.165) is 36.5 Å². The predicted octanol–water partition coefficient (Wildman–Crippen LogP) is 4.40. The van der Waals surface area contributed by atoms with Crippen molar-refractivity contribution in [3.8, 4) is 0 Å². The Hall–Kier alpha value is -4.19. The summed E-state index contributed by atoms with van der Waals surface area (Å²) < 4.78 is 0. The molecule has 1 aliphatic rings. The van der Waals surface area contributed by atoms with Crippen LogP contribution in [0.4, 0.5) is 11.8 Å². The number of anilines is 2. The Labute approximate surface area is 206 Å². The van der Waals surface area contributed by atoms with E-state index < -0.39 is 0 Å². The van der Waals surface area contributed by atoms with Crippen molar-refractivity contribution in [1.29, 1.82) is 0 Å². The lowest BCUT2D eigenvalue weighted by Crippen LogP contribution is -2.34. The van der Waals surface area contributed by atoms with Gasteiger partial charge in [-0.1, -0.05) is 84.9 Å². The van der Waals surface area contributed by atoms with Gasteiger partial charge in [-0.25, -0.2) is 4.98 Å². The summed E-state index contributed by atoms with van der Waals surface area (Å²) in [5.74, 6) is 1.11. The first-order valence-electron chi connectivity index (χ1n) is 12.0. The molecule has 0 radical (unpaired) electrons. The molecular weight excluding hydrogens is 434 g/mol. The first-order chi connectivity index (χ1) is 17.3. The average Bonchev–Trinajstić information content (AvgIpc) is 2.92. The molecule has 2 N–H and O–H groups in total. The lowest BCUT2D eigenvalue weighted by molar-refractivity contribution is -0.121. The van der Waals surface area contributed by atoms with Crippen LogP contribution in [0, 0.1) is 0 Å². The van der Waals surface area contributed by atoms with E-state index in [1.165, 1.54) is 11.1 Å². The van der Waals surface area contributed by atoms with Gasteiger partial charge in [0.2, 0.25) is 11.9 Å². The fraction of sp³-hybridized carbons (Fsp3) is 0.207. The van der Waals surface area contributed by atoms with Crippen LogP contribution in [0.15, 0.2) is 97.2 Å². The number of hydrogen-bond donors (Lipinski definition) is 2. The van der Waals surface area contributed by atoms with E-state index in [2.05, 4.69) is 44.8 Å². The van der Waals surface area contributed by atoms with E-state index in [9.17, 15) is 4.79 Å². The molecule has 0 fully saturated rings. The van der Waals surface area contributed by atoms with E-state index in [1.54, 1.807) is 6.20 Å². The van der Waals surface area contributed by atoms with Crippen molar-refractivity contribution in [2.45, 2.75) is 18.9 Å². The Morgan fingerprint density at radius 3 is 2.20 bits per heavy atom. The van der Waals surface area contributed by atoms with E-state index in [0.29, 0.717) is 19.0 Å². The lowest BCUT2D eigenvalue weighted by Gasteiger charge is -2.29. The maximum Gasteiger partial charge on any atom is 0.232 e. The highest BCUT2D eigenvalue weighted by atomic mass is 16.1. The molecular formula is C29H29N5O. The number of amides is 1. The topological polar surface area (TPSA) is 70.2 Å². The van der Waals surface area contributed by atoms with Crippen molar-refractivity contribution in [2.75, 3.05) is 29.9 Å². The van der Waals surface area contributed by atoms with Crippen LogP contribution in [0.1, 0.15) is 28.2 Å². The van der Waals surface area contributed by atoms with Crippen LogP contribution >= 0.6 is 0 Å². The monoisotopic (exact) mass is 463 g/mol. The number of carbonyl (C=O) groups is 1. The molecule has 0 atom stereocenters. The summed E-state index contributed by atoms with van der Waals surface area (Å²) in [5.41, 5.74) is 4.71. The quantitative estimate of drug-likeness (QED) is 0.379. The molecule has 1 aliphatic heterocycles. The van der Waals surface area contributed by atoms with Gasteiger partial charge in [0.1, 0.15) is 5.82 Å². The molecule has 35 heavy (non-hydrogen) atoms. The number of nitrogens with one attached hydrogen (secondary N) is 2. The van der Waals surface area contributed by atoms with Crippen molar-refractivity contribution in [2.24, 2.45) is 0 Å². The predicted molar refractivity (Wildman–Crippen MR) is 139 cm³/mol. The Bertz CT molecular complexity index is 1220. The summed E-state index contributed by atoms with van der Waals surface area (Å²) in [5, 5.41) is 6.33. The number of carbonyl (C=O) groups excluding carboxylic acids is 1. The van der Waals surface area contributed by atoms with Gasteiger partial charge in [-0.3, -0.25) is 4.79 Å². The summed E-state index contributed by atoms with van der Waals surface area (Å²) in [4.78, 5) is 24.5. The highest BCUT2D eigenvalue weighted by molar-refractivity contribution is 5.87. The van der Waals surface area contributed by atoms with Gasteiger partial charge in [0.25, 0.3) is 0 Å². The van der Waals surface area contributed by atoms with E-state index in [4.69, 9.17) is 4.98 Å². The minimum absolute atomic E-state index is 0.0224. The number of hydrogen-bond acceptors (Lipinski definition) is 5. The number of aromatic nitrogens is 2. The van der Waals surface area contributed by atoms with Gasteiger partial charge >= 0.3 is 0 Å². The third-order valence-electron chi connectivity index (χ3n) is 6.33. The second-order valence-corrected chi connectivity index (χ2v) is 8.65. The standard InChI is InChI=1S/C29H29N5O/c35-28(27(23-10-3-1-4-11-23)24-12-5-2-6-13-24)30-18-19-32-29-31-17-15-26(33-29)34-20-16-22-9-7-8-14-25(22)21-34/h1-15,17,27H,16,18-21H2,(H,30,35)(H,31,32,33). The summed E-state index contributed by atoms with van der Waals surface area (Å²) in [6.07, 6.45) is 2.80. The number of nitrogens with zero attached hydrogens (tertiary/aromatic N) is 3. The van der Waals surface area contributed by atoms with Crippen LogP contribution < -0.4 is 15.5 Å². The van der Waals surface area contributed by atoms with Gasteiger partial charge in [0.05, 0.1) is 5.92 Å². The highest BCUT2D eigenvalue weighted by Gasteiger charge is 2.22. The summed E-state index contributed by atoms with van der Waals surface area (Å²) >= 11 is 0. The third-order valence-corrected chi connectivity index (χ3v) is 6.33. The minimum Gasteiger partial charge on any atom is -0.354 e. The van der Waals surface area contributed by atoms with Crippen LogP contribution in [0.25, 0.3) is 0 Å². The molecule has 3 aromatic carbocycles. The molecule has 1 amide bonds. The van der Waals surface area contributed by atoms with Gasteiger partial charge in [-0.2, -0.15) is 4.98 Å². The molecule has 0 unspecified atom stereocenters. The van der Waals surface area contributed by atoms with E-state index >= 15 is 0 Å². The normalized spacial score (nSPS) is 12.8. The molecule has 4 aromatic rings. The zero-order valence-corrected chi connectivity index (χ0v) is 19.6. The molecule has 176 valence electrons. The van der Waals surface area contributed by atoms with Crippen LogP contribution in [0.5, 0.6) is 0 Å². The minimum atomic E-state index is -0.348. The second-order valence-electron chi connectivity index (χ2n) is 8.65. The summed E-state index contributed by atoms with van der Waals surface area (Å²) in [6, 6.07) is 30.3. The summed E-state index contributed by atoms with van der Waals surface area (Å²) in [6.45, 7) is 2.79. The van der Waals surface area contributed by atoms with Crippen molar-refractivity contribution < 1.29 is 4.79 Å². The largest absolute Gasteiger partial charge is 0.354 e. The maximum absolute atomic E-state index is 13.1. The highest BCUT2D eigenvalue weighted by Crippen LogP contribution is 2.25. The molecule has 0 bridgehead atoms. The van der Waals surface area contributed by atoms with Crippen molar-refractivity contribution >= 4 is 17.7 Å². The van der Waals surface area contributed by atoms with Crippen molar-refractivity contribution in [3.63, 3.8) is 0 Å². The SMILES string of the molecule is O=C(NCCNc1nccc(N2CCc3ccccc3C2)n1)C(c1ccccc1)c1ccccc1. The third kappa shape index (κ3) is 5.49.